The van der Waals surface area contributed by atoms with Crippen molar-refractivity contribution in [3.8, 4) is 0 Å². The first-order valence-corrected chi connectivity index (χ1v) is 6.74. The Hall–Kier alpha value is -1.26. The highest BCUT2D eigenvalue weighted by Crippen LogP contribution is 2.31. The molecule has 0 saturated carbocycles. The Morgan fingerprint density at radius 3 is 2.32 bits per heavy atom. The van der Waals surface area contributed by atoms with Crippen molar-refractivity contribution in [2.45, 2.75) is 19.4 Å². The van der Waals surface area contributed by atoms with Crippen molar-refractivity contribution in [1.29, 1.82) is 0 Å². The molecule has 0 aliphatic carbocycles. The first-order chi connectivity index (χ1) is 9.04. The van der Waals surface area contributed by atoms with Gasteiger partial charge >= 0.3 is 0 Å². The van der Waals surface area contributed by atoms with Gasteiger partial charge in [-0.25, -0.2) is 8.78 Å². The number of aliphatic hydroxyl groups excluding tert-OH is 1. The average Bonchev–Trinajstić information content (AvgIpc) is 2.44. The van der Waals surface area contributed by atoms with E-state index in [0.29, 0.717) is 11.1 Å². The van der Waals surface area contributed by atoms with Gasteiger partial charge in [-0.05, 0) is 39.5 Å². The molecule has 0 saturated heterocycles. The molecule has 1 atom stereocenters. The lowest BCUT2D eigenvalue weighted by Gasteiger charge is -2.14. The van der Waals surface area contributed by atoms with Gasteiger partial charge < -0.3 is 5.11 Å². The van der Waals surface area contributed by atoms with Crippen LogP contribution in [0.5, 0.6) is 0 Å². The number of halogens is 3. The Labute approximate surface area is 119 Å². The van der Waals surface area contributed by atoms with Crippen molar-refractivity contribution in [3.05, 3.63) is 69.2 Å². The van der Waals surface area contributed by atoms with Crippen LogP contribution >= 0.6 is 15.9 Å². The van der Waals surface area contributed by atoms with Crippen LogP contribution in [0.2, 0.25) is 0 Å². The molecule has 0 fully saturated rings. The summed E-state index contributed by atoms with van der Waals surface area (Å²) in [4.78, 5) is 0. The van der Waals surface area contributed by atoms with Gasteiger partial charge in [0, 0.05) is 5.56 Å². The molecule has 2 aromatic rings. The molecule has 0 bridgehead atoms. The number of aryl methyl sites for hydroxylation is 1. The lowest BCUT2D eigenvalue weighted by molar-refractivity contribution is 0.218. The lowest BCUT2D eigenvalue weighted by Crippen LogP contribution is -2.03. The van der Waals surface area contributed by atoms with E-state index in [0.717, 1.165) is 18.1 Å². The Balaban J connectivity index is 2.38. The smallest absolute Gasteiger partial charge is 0.173 e. The van der Waals surface area contributed by atoms with Gasteiger partial charge in [-0.15, -0.1) is 0 Å². The summed E-state index contributed by atoms with van der Waals surface area (Å²) in [7, 11) is 0. The molecule has 1 unspecified atom stereocenters. The summed E-state index contributed by atoms with van der Waals surface area (Å²) in [6.45, 7) is 2.04. The standard InChI is InChI=1S/C15H13BrF2O/c1-2-9-3-5-10(6-4-9)15(19)11-7-8-12(17)14(18)13(11)16/h3-8,15,19H,2H2,1H3. The van der Waals surface area contributed by atoms with E-state index >= 15 is 0 Å². The van der Waals surface area contributed by atoms with E-state index in [2.05, 4.69) is 15.9 Å². The quantitative estimate of drug-likeness (QED) is 0.830. The minimum atomic E-state index is -0.990. The van der Waals surface area contributed by atoms with Gasteiger partial charge in [0.2, 0.25) is 0 Å². The molecule has 4 heteroatoms. The van der Waals surface area contributed by atoms with Crippen molar-refractivity contribution in [1.82, 2.24) is 0 Å². The third kappa shape index (κ3) is 2.85. The summed E-state index contributed by atoms with van der Waals surface area (Å²) in [5, 5.41) is 10.2. The van der Waals surface area contributed by atoms with Gasteiger partial charge in [0.25, 0.3) is 0 Å². The largest absolute Gasteiger partial charge is 0.384 e. The van der Waals surface area contributed by atoms with E-state index in [-0.39, 0.29) is 4.47 Å². The molecule has 100 valence electrons. The van der Waals surface area contributed by atoms with Crippen molar-refractivity contribution in [3.63, 3.8) is 0 Å². The predicted octanol–water partition coefficient (Wildman–Crippen LogP) is 4.37. The molecule has 0 aromatic heterocycles. The van der Waals surface area contributed by atoms with Crippen molar-refractivity contribution in [2.75, 3.05) is 0 Å². The second-order valence-corrected chi connectivity index (χ2v) is 5.06. The molecule has 1 N–H and O–H groups in total. The van der Waals surface area contributed by atoms with Crippen LogP contribution in [-0.2, 0) is 6.42 Å². The topological polar surface area (TPSA) is 20.2 Å². The molecule has 0 heterocycles. The summed E-state index contributed by atoms with van der Waals surface area (Å²) in [5.74, 6) is -1.93. The summed E-state index contributed by atoms with van der Waals surface area (Å²) in [6, 6.07) is 9.78. The van der Waals surface area contributed by atoms with Crippen LogP contribution in [0.25, 0.3) is 0 Å². The van der Waals surface area contributed by atoms with Crippen LogP contribution in [0, 0.1) is 11.6 Å². The zero-order chi connectivity index (χ0) is 14.0. The zero-order valence-electron chi connectivity index (χ0n) is 10.3. The van der Waals surface area contributed by atoms with Crippen LogP contribution in [0.15, 0.2) is 40.9 Å². The van der Waals surface area contributed by atoms with Gasteiger partial charge in [-0.2, -0.15) is 0 Å². The number of aliphatic hydroxyl groups is 1. The molecule has 2 rings (SSSR count). The van der Waals surface area contributed by atoms with Gasteiger partial charge in [0.15, 0.2) is 11.6 Å². The highest BCUT2D eigenvalue weighted by molar-refractivity contribution is 9.10. The molecule has 1 nitrogen and oxygen atoms in total. The SMILES string of the molecule is CCc1ccc(C(O)c2ccc(F)c(F)c2Br)cc1. The Morgan fingerprint density at radius 2 is 1.74 bits per heavy atom. The Morgan fingerprint density at radius 1 is 1.11 bits per heavy atom. The average molecular weight is 327 g/mol. The normalized spacial score (nSPS) is 12.5. The number of rotatable bonds is 3. The fraction of sp³-hybridized carbons (Fsp3) is 0.200. The fourth-order valence-corrected chi connectivity index (χ4v) is 2.41. The minimum absolute atomic E-state index is 0.0421. The number of benzene rings is 2. The maximum absolute atomic E-state index is 13.5. The van der Waals surface area contributed by atoms with Gasteiger partial charge in [0.1, 0.15) is 6.10 Å². The summed E-state index contributed by atoms with van der Waals surface area (Å²) in [6.07, 6.45) is -0.0824. The molecule has 0 amide bonds. The highest BCUT2D eigenvalue weighted by Gasteiger charge is 2.18. The number of hydrogen-bond donors (Lipinski definition) is 1. The van der Waals surface area contributed by atoms with Crippen LogP contribution in [0.1, 0.15) is 29.7 Å². The first kappa shape index (κ1) is 14.2. The zero-order valence-corrected chi connectivity index (χ0v) is 11.9. The molecular formula is C15H13BrF2O. The van der Waals surface area contributed by atoms with Crippen LogP contribution in [0.4, 0.5) is 8.78 Å². The third-order valence-electron chi connectivity index (χ3n) is 3.06. The Bertz CT molecular complexity index is 581. The lowest BCUT2D eigenvalue weighted by atomic mass is 10.00. The molecule has 2 aromatic carbocycles. The highest BCUT2D eigenvalue weighted by atomic mass is 79.9. The van der Waals surface area contributed by atoms with Crippen molar-refractivity contribution >= 4 is 15.9 Å². The van der Waals surface area contributed by atoms with Gasteiger partial charge in [-0.3, -0.25) is 0 Å². The van der Waals surface area contributed by atoms with E-state index in [9.17, 15) is 13.9 Å². The molecule has 0 radical (unpaired) electrons. The van der Waals surface area contributed by atoms with E-state index in [1.54, 1.807) is 12.1 Å². The summed E-state index contributed by atoms with van der Waals surface area (Å²) >= 11 is 2.98. The van der Waals surface area contributed by atoms with E-state index in [1.807, 2.05) is 19.1 Å². The van der Waals surface area contributed by atoms with E-state index in [1.165, 1.54) is 6.07 Å². The van der Waals surface area contributed by atoms with Gasteiger partial charge in [0.05, 0.1) is 4.47 Å². The van der Waals surface area contributed by atoms with E-state index < -0.39 is 17.7 Å². The summed E-state index contributed by atoms with van der Waals surface area (Å²) in [5.41, 5.74) is 2.10. The maximum atomic E-state index is 13.5. The van der Waals surface area contributed by atoms with E-state index in [4.69, 9.17) is 0 Å². The molecule has 0 aliphatic rings. The second kappa shape index (κ2) is 5.80. The molecule has 19 heavy (non-hydrogen) atoms. The first-order valence-electron chi connectivity index (χ1n) is 5.95. The van der Waals surface area contributed by atoms with Crippen LogP contribution in [0.3, 0.4) is 0 Å². The molecular weight excluding hydrogens is 314 g/mol. The third-order valence-corrected chi connectivity index (χ3v) is 3.87. The fourth-order valence-electron chi connectivity index (χ4n) is 1.87. The maximum Gasteiger partial charge on any atom is 0.173 e. The predicted molar refractivity (Wildman–Crippen MR) is 73.9 cm³/mol. The number of hydrogen-bond acceptors (Lipinski definition) is 1. The van der Waals surface area contributed by atoms with Crippen molar-refractivity contribution < 1.29 is 13.9 Å². The van der Waals surface area contributed by atoms with Crippen molar-refractivity contribution in [2.24, 2.45) is 0 Å². The second-order valence-electron chi connectivity index (χ2n) is 4.26. The molecule has 0 spiro atoms. The van der Waals surface area contributed by atoms with Crippen LogP contribution in [-0.4, -0.2) is 5.11 Å². The van der Waals surface area contributed by atoms with Gasteiger partial charge in [-0.1, -0.05) is 37.3 Å². The summed E-state index contributed by atoms with van der Waals surface area (Å²) < 4.78 is 26.4. The monoisotopic (exact) mass is 326 g/mol. The Kier molecular flexibility index (Phi) is 4.32. The molecule has 0 aliphatic heterocycles. The minimum Gasteiger partial charge on any atom is -0.384 e. The van der Waals surface area contributed by atoms with Crippen LogP contribution < -0.4 is 0 Å².